The van der Waals surface area contributed by atoms with Crippen molar-refractivity contribution in [1.29, 1.82) is 0 Å². The Hall–Kier alpha value is -3.71. The van der Waals surface area contributed by atoms with E-state index in [1.165, 1.54) is 17.7 Å². The number of hydrogen-bond donors (Lipinski definition) is 2. The molecule has 3 saturated carbocycles. The Morgan fingerprint density at radius 2 is 1.96 bits per heavy atom. The summed E-state index contributed by atoms with van der Waals surface area (Å²) in [6.45, 7) is 3.93. The Labute approximate surface area is 279 Å². The summed E-state index contributed by atoms with van der Waals surface area (Å²) in [5.74, 6) is -0.686. The molecule has 1 aromatic heterocycles. The van der Waals surface area contributed by atoms with Crippen molar-refractivity contribution in [2.45, 2.75) is 87.1 Å². The van der Waals surface area contributed by atoms with Crippen molar-refractivity contribution in [2.75, 3.05) is 13.7 Å². The molecular weight excluding hydrogens is 641 g/mol. The Kier molecular flexibility index (Phi) is 9.75. The number of oxime groups is 1. The maximum Gasteiger partial charge on any atom is 0.259 e. The second kappa shape index (κ2) is 13.8. The molecule has 4 atom stereocenters. The standard InChI is InChI=1S/C34H42N4O7S2/c1-3-24-19-34(24,33(41)37-47(42,43)27-12-13-27)36-32(40)29-18-26(21-38(29)31(39)15-10-22-7-4-5-8-22)45-35-20-23-17-25(44-2)11-14-28(23)30-9-6-16-46-30/h3,6,9,11,14,16-17,20,22,24,26-27,29H,1,4-5,7-8,10,12-13,15,18-19,21H2,2H3,(H,36,40)(H,37,41)/b35-20+/t24-,26?,29?,34+/m1/s1. The number of benzene rings is 1. The van der Waals surface area contributed by atoms with Crippen LogP contribution in [0.1, 0.15) is 69.8 Å². The van der Waals surface area contributed by atoms with Gasteiger partial charge in [-0.15, -0.1) is 17.9 Å². The van der Waals surface area contributed by atoms with Gasteiger partial charge in [-0.3, -0.25) is 19.1 Å². The summed E-state index contributed by atoms with van der Waals surface area (Å²) >= 11 is 1.60. The number of amides is 3. The molecule has 13 heteroatoms. The molecule has 2 heterocycles. The van der Waals surface area contributed by atoms with E-state index in [0.29, 0.717) is 30.9 Å². The number of hydrogen-bond acceptors (Lipinski definition) is 9. The van der Waals surface area contributed by atoms with Gasteiger partial charge in [0.2, 0.25) is 21.8 Å². The van der Waals surface area contributed by atoms with E-state index in [-0.39, 0.29) is 25.3 Å². The van der Waals surface area contributed by atoms with Gasteiger partial charge in [0.25, 0.3) is 5.91 Å². The van der Waals surface area contributed by atoms with Crippen LogP contribution in [-0.2, 0) is 29.2 Å². The summed E-state index contributed by atoms with van der Waals surface area (Å²) in [4.78, 5) is 49.2. The van der Waals surface area contributed by atoms with Crippen LogP contribution in [0.4, 0.5) is 0 Å². The van der Waals surface area contributed by atoms with Crippen molar-refractivity contribution < 1.29 is 32.4 Å². The van der Waals surface area contributed by atoms with E-state index in [2.05, 4.69) is 21.8 Å². The number of rotatable bonds is 14. The maximum absolute atomic E-state index is 13.9. The van der Waals surface area contributed by atoms with Crippen LogP contribution in [0, 0.1) is 11.8 Å². The number of sulfonamides is 1. The van der Waals surface area contributed by atoms with Gasteiger partial charge >= 0.3 is 0 Å². The van der Waals surface area contributed by atoms with Gasteiger partial charge in [-0.25, -0.2) is 8.42 Å². The number of likely N-dealkylation sites (tertiary alicyclic amines) is 1. The molecule has 0 spiro atoms. The van der Waals surface area contributed by atoms with Crippen molar-refractivity contribution in [3.05, 3.63) is 53.9 Å². The largest absolute Gasteiger partial charge is 0.497 e. The van der Waals surface area contributed by atoms with Gasteiger partial charge < -0.3 is 19.8 Å². The summed E-state index contributed by atoms with van der Waals surface area (Å²) < 4.78 is 32.7. The third-order valence-corrected chi connectivity index (χ3v) is 12.5. The quantitative estimate of drug-likeness (QED) is 0.171. The number of ether oxygens (including phenoxy) is 1. The molecule has 4 aliphatic rings. The third kappa shape index (κ3) is 7.40. The third-order valence-electron chi connectivity index (χ3n) is 9.82. The van der Waals surface area contributed by atoms with Crippen LogP contribution < -0.4 is 14.8 Å². The lowest BCUT2D eigenvalue weighted by molar-refractivity contribution is -0.140. The highest BCUT2D eigenvalue weighted by Gasteiger charge is 2.61. The monoisotopic (exact) mass is 682 g/mol. The summed E-state index contributed by atoms with van der Waals surface area (Å²) in [5, 5.41) is 8.52. The van der Waals surface area contributed by atoms with Crippen LogP contribution in [0.15, 0.2) is 53.5 Å². The Bertz CT molecular complexity index is 1630. The zero-order valence-corrected chi connectivity index (χ0v) is 28.2. The van der Waals surface area contributed by atoms with E-state index in [1.807, 2.05) is 35.7 Å². The molecule has 1 aromatic carbocycles. The van der Waals surface area contributed by atoms with Gasteiger partial charge in [-0.05, 0) is 61.2 Å². The van der Waals surface area contributed by atoms with Crippen LogP contribution in [0.25, 0.3) is 10.4 Å². The second-order valence-electron chi connectivity index (χ2n) is 13.1. The topological polar surface area (TPSA) is 143 Å². The Morgan fingerprint density at radius 3 is 2.62 bits per heavy atom. The molecule has 0 radical (unpaired) electrons. The average Bonchev–Trinajstić information content (AvgIpc) is 3.80. The summed E-state index contributed by atoms with van der Waals surface area (Å²) in [7, 11) is -2.22. The molecule has 0 bridgehead atoms. The fraction of sp³-hybridized carbons (Fsp3) is 0.529. The first-order valence-corrected chi connectivity index (χ1v) is 18.8. The smallest absolute Gasteiger partial charge is 0.259 e. The Balaban J connectivity index is 1.17. The highest BCUT2D eigenvalue weighted by atomic mass is 32.2. The van der Waals surface area contributed by atoms with E-state index in [9.17, 15) is 22.8 Å². The van der Waals surface area contributed by atoms with Crippen molar-refractivity contribution >= 4 is 45.3 Å². The highest BCUT2D eigenvalue weighted by Crippen LogP contribution is 2.45. The van der Waals surface area contributed by atoms with Crippen molar-refractivity contribution in [3.8, 4) is 16.2 Å². The van der Waals surface area contributed by atoms with E-state index < -0.39 is 50.7 Å². The number of carbonyl (C=O) groups excluding carboxylic acids is 3. The van der Waals surface area contributed by atoms with Gasteiger partial charge in [0, 0.05) is 34.8 Å². The Morgan fingerprint density at radius 1 is 1.17 bits per heavy atom. The lowest BCUT2D eigenvalue weighted by atomic mass is 10.0. The first kappa shape index (κ1) is 33.2. The van der Waals surface area contributed by atoms with Crippen LogP contribution in [0.5, 0.6) is 5.75 Å². The minimum absolute atomic E-state index is 0.147. The van der Waals surface area contributed by atoms with E-state index in [4.69, 9.17) is 9.57 Å². The summed E-state index contributed by atoms with van der Waals surface area (Å²) in [6.07, 6.45) is 9.65. The van der Waals surface area contributed by atoms with Crippen molar-refractivity contribution in [1.82, 2.24) is 14.9 Å². The minimum Gasteiger partial charge on any atom is -0.497 e. The van der Waals surface area contributed by atoms with Gasteiger partial charge in [0.15, 0.2) is 0 Å². The first-order valence-electron chi connectivity index (χ1n) is 16.3. The van der Waals surface area contributed by atoms with Crippen LogP contribution in [-0.4, -0.2) is 73.8 Å². The molecule has 47 heavy (non-hydrogen) atoms. The van der Waals surface area contributed by atoms with Crippen LogP contribution in [0.2, 0.25) is 0 Å². The zero-order valence-electron chi connectivity index (χ0n) is 26.6. The van der Waals surface area contributed by atoms with Crippen molar-refractivity contribution in [2.24, 2.45) is 17.0 Å². The van der Waals surface area contributed by atoms with E-state index in [1.54, 1.807) is 30.7 Å². The second-order valence-corrected chi connectivity index (χ2v) is 16.0. The highest BCUT2D eigenvalue weighted by molar-refractivity contribution is 7.91. The average molecular weight is 683 g/mol. The number of thiophene rings is 1. The zero-order chi connectivity index (χ0) is 33.2. The molecule has 6 rings (SSSR count). The molecule has 4 fully saturated rings. The predicted octanol–water partition coefficient (Wildman–Crippen LogP) is 4.38. The molecule has 1 saturated heterocycles. The molecular formula is C34H42N4O7S2. The van der Waals surface area contributed by atoms with Crippen molar-refractivity contribution in [3.63, 3.8) is 0 Å². The SMILES string of the molecule is C=C[C@@H]1C[C@@]1(NC(=O)C1CC(O/N=C/c2cc(OC)ccc2-c2cccs2)CN1C(=O)CCC1CCCC1)C(=O)NS(=O)(=O)C1CC1. The molecule has 2 aromatic rings. The molecule has 3 amide bonds. The number of nitrogens with zero attached hydrogens (tertiary/aromatic N) is 2. The van der Waals surface area contributed by atoms with Crippen LogP contribution >= 0.6 is 11.3 Å². The van der Waals surface area contributed by atoms with E-state index in [0.717, 1.165) is 35.3 Å². The lowest BCUT2D eigenvalue weighted by Gasteiger charge is -2.26. The fourth-order valence-corrected chi connectivity index (χ4v) is 8.93. The molecule has 2 unspecified atom stereocenters. The number of carbonyl (C=O) groups is 3. The maximum atomic E-state index is 13.9. The predicted molar refractivity (Wildman–Crippen MR) is 179 cm³/mol. The molecule has 252 valence electrons. The normalized spacial score (nSPS) is 25.9. The molecule has 1 aliphatic heterocycles. The molecule has 3 aliphatic carbocycles. The number of methoxy groups -OCH3 is 1. The molecule has 11 nitrogen and oxygen atoms in total. The molecule has 2 N–H and O–H groups in total. The summed E-state index contributed by atoms with van der Waals surface area (Å²) in [5.41, 5.74) is 0.331. The van der Waals surface area contributed by atoms with Gasteiger partial charge in [0.1, 0.15) is 23.4 Å². The first-order chi connectivity index (χ1) is 22.6. The van der Waals surface area contributed by atoms with Crippen LogP contribution in [0.3, 0.4) is 0 Å². The van der Waals surface area contributed by atoms with Gasteiger partial charge in [-0.1, -0.05) is 43.0 Å². The minimum atomic E-state index is -3.81. The van der Waals surface area contributed by atoms with Gasteiger partial charge in [-0.2, -0.15) is 0 Å². The summed E-state index contributed by atoms with van der Waals surface area (Å²) in [6, 6.07) is 8.80. The fourth-order valence-electron chi connectivity index (χ4n) is 6.79. The lowest BCUT2D eigenvalue weighted by Crippen LogP contribution is -2.56. The number of nitrogens with one attached hydrogen (secondary N) is 2. The van der Waals surface area contributed by atoms with Gasteiger partial charge in [0.05, 0.1) is 25.1 Å². The van der Waals surface area contributed by atoms with E-state index >= 15 is 0 Å².